The van der Waals surface area contributed by atoms with Gasteiger partial charge in [-0.1, -0.05) is 37.3 Å². The van der Waals surface area contributed by atoms with E-state index in [-0.39, 0.29) is 0 Å². The zero-order chi connectivity index (χ0) is 8.89. The van der Waals surface area contributed by atoms with Gasteiger partial charge in [0.15, 0.2) is 0 Å². The molecular weight excluding hydrogens is 158 g/mol. The molecule has 1 saturated carbocycles. The van der Waals surface area contributed by atoms with Crippen molar-refractivity contribution in [2.24, 2.45) is 16.3 Å². The average molecular weight is 171 g/mol. The summed E-state index contributed by atoms with van der Waals surface area (Å²) in [6, 6.07) is 10.6. The molecule has 0 N–H and O–H groups in total. The summed E-state index contributed by atoms with van der Waals surface area (Å²) < 4.78 is 0. The highest BCUT2D eigenvalue weighted by molar-refractivity contribution is 6.05. The third-order valence-corrected chi connectivity index (χ3v) is 3.36. The van der Waals surface area contributed by atoms with Crippen molar-refractivity contribution in [3.8, 4) is 0 Å². The van der Waals surface area contributed by atoms with E-state index in [2.05, 4.69) is 42.2 Å². The molecule has 2 aliphatic rings. The maximum atomic E-state index is 4.63. The lowest BCUT2D eigenvalue weighted by atomic mass is 10.0. The van der Waals surface area contributed by atoms with E-state index in [4.69, 9.17) is 0 Å². The van der Waals surface area contributed by atoms with E-state index < -0.39 is 0 Å². The summed E-state index contributed by atoms with van der Waals surface area (Å²) in [5.74, 6) is 0.759. The molecule has 1 aliphatic carbocycles. The summed E-state index contributed by atoms with van der Waals surface area (Å²) in [5, 5.41) is 0. The Hall–Kier alpha value is -1.11. The van der Waals surface area contributed by atoms with Crippen LogP contribution in [0.3, 0.4) is 0 Å². The number of aliphatic imine (C=N–C) groups is 1. The van der Waals surface area contributed by atoms with Gasteiger partial charge in [-0.05, 0) is 17.4 Å². The number of nitrogens with zero attached hydrogens (tertiary/aromatic N) is 1. The predicted octanol–water partition coefficient (Wildman–Crippen LogP) is 2.52. The fourth-order valence-electron chi connectivity index (χ4n) is 2.29. The third kappa shape index (κ3) is 0.963. The first-order valence-electron chi connectivity index (χ1n) is 4.89. The Balaban J connectivity index is 1.97. The van der Waals surface area contributed by atoms with Crippen LogP contribution in [0.15, 0.2) is 35.3 Å². The Bertz CT molecular complexity index is 366. The highest BCUT2D eigenvalue weighted by Gasteiger charge is 2.56. The van der Waals surface area contributed by atoms with Crippen LogP contribution in [-0.4, -0.2) is 12.3 Å². The minimum atomic E-state index is 0.533. The molecule has 0 amide bonds. The Labute approximate surface area is 78.5 Å². The third-order valence-electron chi connectivity index (χ3n) is 3.36. The molecule has 66 valence electrons. The van der Waals surface area contributed by atoms with Gasteiger partial charge in [-0.2, -0.15) is 0 Å². The molecule has 3 rings (SSSR count). The zero-order valence-electron chi connectivity index (χ0n) is 7.83. The molecular formula is C12H13N. The van der Waals surface area contributed by atoms with Gasteiger partial charge in [-0.25, -0.2) is 0 Å². The molecule has 1 fully saturated rings. The quantitative estimate of drug-likeness (QED) is 0.615. The van der Waals surface area contributed by atoms with Crippen LogP contribution in [-0.2, 0) is 0 Å². The summed E-state index contributed by atoms with van der Waals surface area (Å²) in [7, 11) is 0. The van der Waals surface area contributed by atoms with Crippen molar-refractivity contribution in [2.75, 3.05) is 6.54 Å². The first-order chi connectivity index (χ1) is 6.30. The second-order valence-electron chi connectivity index (χ2n) is 4.48. The van der Waals surface area contributed by atoms with Gasteiger partial charge in [0.05, 0.1) is 0 Å². The lowest BCUT2D eigenvalue weighted by Gasteiger charge is -2.00. The fraction of sp³-hybridized carbons (Fsp3) is 0.417. The van der Waals surface area contributed by atoms with Gasteiger partial charge >= 0.3 is 0 Å². The highest BCUT2D eigenvalue weighted by Crippen LogP contribution is 2.57. The van der Waals surface area contributed by atoms with Gasteiger partial charge in [0.2, 0.25) is 0 Å². The van der Waals surface area contributed by atoms with E-state index in [1.54, 1.807) is 0 Å². The van der Waals surface area contributed by atoms with E-state index in [9.17, 15) is 0 Å². The largest absolute Gasteiger partial charge is 0.288 e. The Morgan fingerprint density at radius 1 is 1.31 bits per heavy atom. The maximum Gasteiger partial charge on any atom is 0.0458 e. The number of benzene rings is 1. The zero-order valence-corrected chi connectivity index (χ0v) is 7.83. The molecule has 2 atom stereocenters. The van der Waals surface area contributed by atoms with E-state index in [0.29, 0.717) is 5.41 Å². The first-order valence-corrected chi connectivity index (χ1v) is 4.89. The van der Waals surface area contributed by atoms with Crippen molar-refractivity contribution in [1.82, 2.24) is 0 Å². The van der Waals surface area contributed by atoms with Crippen LogP contribution in [0.1, 0.15) is 18.9 Å². The SMILES string of the molecule is CC12CN=C(c3ccccc3)C1C2. The Morgan fingerprint density at radius 3 is 2.62 bits per heavy atom. The van der Waals surface area contributed by atoms with Crippen molar-refractivity contribution in [3.63, 3.8) is 0 Å². The van der Waals surface area contributed by atoms with Gasteiger partial charge in [0.1, 0.15) is 0 Å². The molecule has 0 saturated heterocycles. The van der Waals surface area contributed by atoms with Crippen molar-refractivity contribution >= 4 is 5.71 Å². The summed E-state index contributed by atoms with van der Waals surface area (Å²) in [6.45, 7) is 3.39. The first kappa shape index (κ1) is 7.31. The smallest absolute Gasteiger partial charge is 0.0458 e. The molecule has 0 radical (unpaired) electrons. The van der Waals surface area contributed by atoms with Crippen LogP contribution in [0.4, 0.5) is 0 Å². The summed E-state index contributed by atoms with van der Waals surface area (Å²) in [6.07, 6.45) is 1.35. The standard InChI is InChI=1S/C12H13N/c1-12-7-10(12)11(13-8-12)9-5-3-2-4-6-9/h2-6,10H,7-8H2,1H3. The molecule has 1 aromatic rings. The van der Waals surface area contributed by atoms with Gasteiger partial charge in [0, 0.05) is 18.2 Å². The molecule has 13 heavy (non-hydrogen) atoms. The molecule has 1 heteroatoms. The van der Waals surface area contributed by atoms with Crippen molar-refractivity contribution in [2.45, 2.75) is 13.3 Å². The minimum Gasteiger partial charge on any atom is -0.288 e. The maximum absolute atomic E-state index is 4.63. The summed E-state index contributed by atoms with van der Waals surface area (Å²) >= 11 is 0. The van der Waals surface area contributed by atoms with Gasteiger partial charge in [-0.3, -0.25) is 4.99 Å². The molecule has 2 unspecified atom stereocenters. The number of hydrogen-bond donors (Lipinski definition) is 0. The molecule has 0 spiro atoms. The molecule has 0 aromatic heterocycles. The molecule has 1 aliphatic heterocycles. The van der Waals surface area contributed by atoms with E-state index in [0.717, 1.165) is 12.5 Å². The van der Waals surface area contributed by atoms with Crippen LogP contribution in [0, 0.1) is 11.3 Å². The van der Waals surface area contributed by atoms with Crippen LogP contribution < -0.4 is 0 Å². The lowest BCUT2D eigenvalue weighted by Crippen LogP contribution is -2.02. The van der Waals surface area contributed by atoms with Crippen LogP contribution in [0.25, 0.3) is 0 Å². The molecule has 0 bridgehead atoms. The van der Waals surface area contributed by atoms with Crippen molar-refractivity contribution < 1.29 is 0 Å². The van der Waals surface area contributed by atoms with Gasteiger partial charge in [-0.15, -0.1) is 0 Å². The number of rotatable bonds is 1. The van der Waals surface area contributed by atoms with Crippen LogP contribution in [0.5, 0.6) is 0 Å². The van der Waals surface area contributed by atoms with E-state index >= 15 is 0 Å². The minimum absolute atomic E-state index is 0.533. The monoisotopic (exact) mass is 171 g/mol. The van der Waals surface area contributed by atoms with Crippen LogP contribution in [0.2, 0.25) is 0 Å². The number of fused-ring (bicyclic) bond motifs is 1. The van der Waals surface area contributed by atoms with Crippen LogP contribution >= 0.6 is 0 Å². The Morgan fingerprint density at radius 2 is 2.08 bits per heavy atom. The van der Waals surface area contributed by atoms with E-state index in [1.165, 1.54) is 17.7 Å². The topological polar surface area (TPSA) is 12.4 Å². The van der Waals surface area contributed by atoms with Gasteiger partial charge < -0.3 is 0 Å². The van der Waals surface area contributed by atoms with Crippen molar-refractivity contribution in [3.05, 3.63) is 35.9 Å². The average Bonchev–Trinajstić information content (AvgIpc) is 2.71. The summed E-state index contributed by atoms with van der Waals surface area (Å²) in [5.41, 5.74) is 3.21. The molecule has 1 aromatic carbocycles. The highest BCUT2D eigenvalue weighted by atomic mass is 14.9. The van der Waals surface area contributed by atoms with Gasteiger partial charge in [0.25, 0.3) is 0 Å². The Kier molecular flexibility index (Phi) is 1.25. The fourth-order valence-corrected chi connectivity index (χ4v) is 2.29. The second-order valence-corrected chi connectivity index (χ2v) is 4.48. The molecule has 1 heterocycles. The molecule has 1 nitrogen and oxygen atoms in total. The van der Waals surface area contributed by atoms with E-state index in [1.807, 2.05) is 0 Å². The summed E-state index contributed by atoms with van der Waals surface area (Å²) in [4.78, 5) is 4.63. The second kappa shape index (κ2) is 2.22. The van der Waals surface area contributed by atoms with Crippen molar-refractivity contribution in [1.29, 1.82) is 0 Å². The number of hydrogen-bond acceptors (Lipinski definition) is 1. The normalized spacial score (nSPS) is 35.5. The predicted molar refractivity (Wildman–Crippen MR) is 54.1 cm³/mol. The lowest BCUT2D eigenvalue weighted by molar-refractivity contribution is 0.592.